The Labute approximate surface area is 308 Å². The molecule has 0 radical (unpaired) electrons. The Hall–Kier alpha value is -5.88. The minimum atomic E-state index is -0.994. The van der Waals surface area contributed by atoms with Crippen LogP contribution in [0, 0.1) is 0 Å². The maximum atomic E-state index is 12.7. The van der Waals surface area contributed by atoms with Gasteiger partial charge in [0.1, 0.15) is 0 Å². The summed E-state index contributed by atoms with van der Waals surface area (Å²) in [6, 6.07) is 38.4. The number of aliphatic hydroxyl groups is 2. The number of nitrogens with zero attached hydrogens (tertiary/aromatic N) is 3. The van der Waals surface area contributed by atoms with E-state index in [0.29, 0.717) is 18.7 Å². The van der Waals surface area contributed by atoms with Gasteiger partial charge in [0.25, 0.3) is 0 Å². The number of aliphatic hydroxyl groups excluding tert-OH is 2. The van der Waals surface area contributed by atoms with E-state index >= 15 is 0 Å². The molecule has 53 heavy (non-hydrogen) atoms. The molecule has 2 unspecified atom stereocenters. The molecule has 11 nitrogen and oxygen atoms in total. The zero-order chi connectivity index (χ0) is 37.0. The third kappa shape index (κ3) is 9.72. The van der Waals surface area contributed by atoms with Crippen LogP contribution in [-0.2, 0) is 35.5 Å². The average Bonchev–Trinajstić information content (AvgIpc) is 3.84. The van der Waals surface area contributed by atoms with Crippen molar-refractivity contribution >= 4 is 11.9 Å². The summed E-state index contributed by atoms with van der Waals surface area (Å²) in [5.41, 5.74) is 10.4. The van der Waals surface area contributed by atoms with Crippen molar-refractivity contribution in [3.8, 4) is 22.5 Å². The second-order valence-electron chi connectivity index (χ2n) is 12.9. The standard InChI is InChI=1S/C21H21N3O2.C12H13N3.C9H10O3/c25-19(15-7-3-1-4-8-15)13-20(26)24-12-11-18-17(14-24)21(23-22-18)16-9-5-2-6-10-16;1-2-4-9(5-3-1)12-10-8-13-7-6-11(10)14-15-12;10-8(6-9(11)12)7-4-2-1-3-5-7/h1-10,19,25H,11-14H2,(H,22,23);1-5,13H,6-8H2,(H,14,15);1-5,8,10H,6H2,(H,11,12). The molecule has 11 heteroatoms. The number of H-pyrrole nitrogens is 2. The Bertz CT molecular complexity index is 2050. The van der Waals surface area contributed by atoms with Crippen molar-refractivity contribution < 1.29 is 24.9 Å². The van der Waals surface area contributed by atoms with Crippen molar-refractivity contribution in [1.29, 1.82) is 0 Å². The van der Waals surface area contributed by atoms with Gasteiger partial charge in [-0.2, -0.15) is 10.2 Å². The summed E-state index contributed by atoms with van der Waals surface area (Å²) in [5.74, 6) is -1.03. The molecule has 0 saturated heterocycles. The third-order valence-electron chi connectivity index (χ3n) is 9.29. The van der Waals surface area contributed by atoms with E-state index in [4.69, 9.17) is 5.11 Å². The molecule has 2 aromatic heterocycles. The highest BCUT2D eigenvalue weighted by Gasteiger charge is 2.27. The fourth-order valence-corrected chi connectivity index (χ4v) is 6.45. The number of hydrogen-bond acceptors (Lipinski definition) is 7. The van der Waals surface area contributed by atoms with Crippen molar-refractivity contribution in [3.05, 3.63) is 155 Å². The van der Waals surface area contributed by atoms with Crippen molar-refractivity contribution in [1.82, 2.24) is 30.6 Å². The summed E-state index contributed by atoms with van der Waals surface area (Å²) < 4.78 is 0. The van der Waals surface area contributed by atoms with Gasteiger partial charge in [-0.3, -0.25) is 19.8 Å². The number of carbonyl (C=O) groups excluding carboxylic acids is 1. The Morgan fingerprint density at radius 3 is 1.64 bits per heavy atom. The van der Waals surface area contributed by atoms with Crippen LogP contribution in [0.5, 0.6) is 0 Å². The minimum absolute atomic E-state index is 0.0350. The lowest BCUT2D eigenvalue weighted by Crippen LogP contribution is -2.36. The molecule has 2 aliphatic heterocycles. The molecule has 4 heterocycles. The van der Waals surface area contributed by atoms with Crippen LogP contribution in [0.1, 0.15) is 58.7 Å². The second kappa shape index (κ2) is 18.1. The Morgan fingerprint density at radius 1 is 0.642 bits per heavy atom. The van der Waals surface area contributed by atoms with Crippen LogP contribution in [0.4, 0.5) is 0 Å². The number of hydrogen-bond donors (Lipinski definition) is 6. The molecule has 0 fully saturated rings. The predicted octanol–water partition coefficient (Wildman–Crippen LogP) is 6.00. The lowest BCUT2D eigenvalue weighted by Gasteiger charge is -2.28. The van der Waals surface area contributed by atoms with E-state index in [-0.39, 0.29) is 18.7 Å². The molecule has 6 aromatic rings. The molecule has 8 rings (SSSR count). The number of fused-ring (bicyclic) bond motifs is 2. The number of nitrogens with one attached hydrogen (secondary N) is 3. The van der Waals surface area contributed by atoms with Crippen molar-refractivity contribution in [2.24, 2.45) is 0 Å². The SMILES string of the molecule is O=C(CC(O)c1ccccc1)N1CCc2[nH]nc(-c3ccccc3)c2C1.O=C(O)CC(O)c1ccccc1.c1ccc(-c2n[nH]c3c2CNCC3)cc1. The normalized spacial score (nSPS) is 14.3. The highest BCUT2D eigenvalue weighted by atomic mass is 16.4. The topological polar surface area (TPSA) is 167 Å². The van der Waals surface area contributed by atoms with E-state index < -0.39 is 18.2 Å². The number of carboxylic acid groups (broad SMARTS) is 1. The van der Waals surface area contributed by atoms with E-state index in [9.17, 15) is 19.8 Å². The molecule has 2 aliphatic rings. The van der Waals surface area contributed by atoms with Gasteiger partial charge >= 0.3 is 5.97 Å². The number of aromatic amines is 2. The van der Waals surface area contributed by atoms with Crippen LogP contribution in [-0.4, -0.2) is 65.6 Å². The first-order chi connectivity index (χ1) is 25.9. The summed E-state index contributed by atoms with van der Waals surface area (Å²) in [5, 5.41) is 46.5. The molecular weight excluding hydrogens is 668 g/mol. The second-order valence-corrected chi connectivity index (χ2v) is 12.9. The average molecular weight is 713 g/mol. The van der Waals surface area contributed by atoms with Crippen molar-refractivity contribution in [3.63, 3.8) is 0 Å². The Kier molecular flexibility index (Phi) is 12.6. The Morgan fingerprint density at radius 2 is 1.11 bits per heavy atom. The van der Waals surface area contributed by atoms with Crippen LogP contribution in [0.25, 0.3) is 22.5 Å². The number of aromatic nitrogens is 4. The minimum Gasteiger partial charge on any atom is -0.481 e. The molecule has 0 aliphatic carbocycles. The fraction of sp³-hybridized carbons (Fsp3) is 0.238. The number of benzene rings is 4. The molecular formula is C42H44N6O5. The van der Waals surface area contributed by atoms with Gasteiger partial charge in [-0.1, -0.05) is 121 Å². The largest absolute Gasteiger partial charge is 0.481 e. The number of rotatable bonds is 8. The first kappa shape index (κ1) is 36.9. The fourth-order valence-electron chi connectivity index (χ4n) is 6.45. The molecule has 6 N–H and O–H groups in total. The van der Waals surface area contributed by atoms with Gasteiger partial charge in [0.2, 0.25) is 5.91 Å². The monoisotopic (exact) mass is 712 g/mol. The van der Waals surface area contributed by atoms with E-state index in [1.165, 1.54) is 16.8 Å². The van der Waals surface area contributed by atoms with E-state index in [0.717, 1.165) is 59.7 Å². The number of amides is 1. The van der Waals surface area contributed by atoms with Crippen LogP contribution in [0.15, 0.2) is 121 Å². The van der Waals surface area contributed by atoms with Crippen LogP contribution in [0.3, 0.4) is 0 Å². The van der Waals surface area contributed by atoms with Gasteiger partial charge in [-0.25, -0.2) is 0 Å². The predicted molar refractivity (Wildman–Crippen MR) is 202 cm³/mol. The van der Waals surface area contributed by atoms with Gasteiger partial charge in [0, 0.05) is 72.7 Å². The molecule has 1 amide bonds. The number of carbonyl (C=O) groups is 2. The number of carboxylic acids is 1. The van der Waals surface area contributed by atoms with E-state index in [1.54, 1.807) is 24.3 Å². The first-order valence-electron chi connectivity index (χ1n) is 17.8. The quantitative estimate of drug-likeness (QED) is 0.112. The lowest BCUT2D eigenvalue weighted by atomic mass is 10.00. The zero-order valence-corrected chi connectivity index (χ0v) is 29.4. The lowest BCUT2D eigenvalue weighted by molar-refractivity contribution is -0.139. The van der Waals surface area contributed by atoms with Gasteiger partial charge in [0.05, 0.1) is 36.4 Å². The van der Waals surface area contributed by atoms with Crippen molar-refractivity contribution in [2.75, 3.05) is 13.1 Å². The van der Waals surface area contributed by atoms with Crippen LogP contribution in [0.2, 0.25) is 0 Å². The zero-order valence-electron chi connectivity index (χ0n) is 29.4. The smallest absolute Gasteiger partial charge is 0.306 e. The highest BCUT2D eigenvalue weighted by Crippen LogP contribution is 2.29. The van der Waals surface area contributed by atoms with Gasteiger partial charge in [-0.15, -0.1) is 0 Å². The molecule has 0 saturated carbocycles. The molecule has 4 aromatic carbocycles. The molecule has 0 bridgehead atoms. The van der Waals surface area contributed by atoms with E-state index in [1.807, 2.05) is 89.8 Å². The van der Waals surface area contributed by atoms with Crippen LogP contribution >= 0.6 is 0 Å². The number of aliphatic carboxylic acids is 1. The molecule has 2 atom stereocenters. The summed E-state index contributed by atoms with van der Waals surface area (Å²) in [4.78, 5) is 24.7. The maximum absolute atomic E-state index is 12.7. The summed E-state index contributed by atoms with van der Waals surface area (Å²) in [6.07, 6.45) is -0.0221. The maximum Gasteiger partial charge on any atom is 0.306 e. The molecule has 272 valence electrons. The Balaban J connectivity index is 0.000000150. The van der Waals surface area contributed by atoms with Gasteiger partial charge < -0.3 is 25.5 Å². The first-order valence-corrected chi connectivity index (χ1v) is 17.8. The third-order valence-corrected chi connectivity index (χ3v) is 9.29. The van der Waals surface area contributed by atoms with E-state index in [2.05, 4.69) is 37.8 Å². The summed E-state index contributed by atoms with van der Waals surface area (Å²) in [7, 11) is 0. The molecule has 0 spiro atoms. The highest BCUT2D eigenvalue weighted by molar-refractivity contribution is 5.78. The van der Waals surface area contributed by atoms with Crippen LogP contribution < -0.4 is 5.32 Å². The van der Waals surface area contributed by atoms with Gasteiger partial charge in [0.15, 0.2) is 0 Å². The van der Waals surface area contributed by atoms with Gasteiger partial charge in [-0.05, 0) is 11.1 Å². The summed E-state index contributed by atoms with van der Waals surface area (Å²) in [6.45, 7) is 3.14. The van der Waals surface area contributed by atoms with Crippen molar-refractivity contribution in [2.45, 2.75) is 51.0 Å². The summed E-state index contributed by atoms with van der Waals surface area (Å²) >= 11 is 0.